The van der Waals surface area contributed by atoms with Gasteiger partial charge in [-0.25, -0.2) is 0 Å². The largest absolute Gasteiger partial charge is 0.308 e. The Hall–Kier alpha value is -0.830. The summed E-state index contributed by atoms with van der Waals surface area (Å²) in [4.78, 5) is 0. The normalized spacial score (nSPS) is 28.6. The molecule has 1 aliphatic carbocycles. The van der Waals surface area contributed by atoms with Crippen LogP contribution in [-0.4, -0.2) is 16.3 Å². The number of hydrogen-bond donors (Lipinski definition) is 1. The fourth-order valence-electron chi connectivity index (χ4n) is 3.63. The van der Waals surface area contributed by atoms with Gasteiger partial charge >= 0.3 is 0 Å². The zero-order chi connectivity index (χ0) is 14.7. The summed E-state index contributed by atoms with van der Waals surface area (Å²) in [6.45, 7) is 10.2. The molecule has 1 aliphatic rings. The number of aromatic nitrogens is 2. The molecule has 0 spiro atoms. The average Bonchev–Trinajstić information content (AvgIpc) is 2.73. The lowest BCUT2D eigenvalue weighted by Crippen LogP contribution is -2.34. The predicted molar refractivity (Wildman–Crippen MR) is 84.6 cm³/mol. The van der Waals surface area contributed by atoms with E-state index in [-0.39, 0.29) is 0 Å². The molecule has 4 atom stereocenters. The minimum absolute atomic E-state index is 0.469. The summed E-state index contributed by atoms with van der Waals surface area (Å²) in [6.07, 6.45) is 5.24. The maximum atomic E-state index is 4.55. The molecule has 2 rings (SSSR count). The minimum Gasteiger partial charge on any atom is -0.308 e. The molecule has 0 aliphatic heterocycles. The van der Waals surface area contributed by atoms with Crippen LogP contribution >= 0.6 is 0 Å². The van der Waals surface area contributed by atoms with E-state index in [9.17, 15) is 0 Å². The van der Waals surface area contributed by atoms with E-state index in [2.05, 4.69) is 55.9 Å². The van der Waals surface area contributed by atoms with Crippen molar-refractivity contribution in [3.63, 3.8) is 0 Å². The SMILES string of the molecule is CCCNC(c1cc(C)nn1C)C1CCC(C)C(C)C1. The Morgan fingerprint density at radius 3 is 2.65 bits per heavy atom. The molecular weight excluding hydrogens is 246 g/mol. The second-order valence-electron chi connectivity index (χ2n) is 6.79. The molecule has 0 amide bonds. The molecule has 1 aromatic rings. The maximum absolute atomic E-state index is 4.55. The van der Waals surface area contributed by atoms with Crippen molar-refractivity contribution >= 4 is 0 Å². The van der Waals surface area contributed by atoms with Gasteiger partial charge in [-0.1, -0.05) is 27.2 Å². The maximum Gasteiger partial charge on any atom is 0.0597 e. The van der Waals surface area contributed by atoms with E-state index in [1.165, 1.54) is 31.4 Å². The molecule has 0 radical (unpaired) electrons. The summed E-state index contributed by atoms with van der Waals surface area (Å²) in [5, 5.41) is 8.33. The van der Waals surface area contributed by atoms with E-state index < -0.39 is 0 Å². The van der Waals surface area contributed by atoms with E-state index in [0.717, 1.165) is 30.0 Å². The van der Waals surface area contributed by atoms with Crippen LogP contribution in [0.25, 0.3) is 0 Å². The number of hydrogen-bond acceptors (Lipinski definition) is 2. The van der Waals surface area contributed by atoms with Gasteiger partial charge in [-0.2, -0.15) is 5.10 Å². The second kappa shape index (κ2) is 6.75. The monoisotopic (exact) mass is 277 g/mol. The third-order valence-corrected chi connectivity index (χ3v) is 5.08. The third kappa shape index (κ3) is 3.43. The average molecular weight is 277 g/mol. The Morgan fingerprint density at radius 2 is 2.10 bits per heavy atom. The van der Waals surface area contributed by atoms with Gasteiger partial charge in [-0.05, 0) is 56.6 Å². The third-order valence-electron chi connectivity index (χ3n) is 5.08. The summed E-state index contributed by atoms with van der Waals surface area (Å²) in [7, 11) is 2.08. The molecule has 1 saturated carbocycles. The molecule has 1 fully saturated rings. The van der Waals surface area contributed by atoms with Crippen molar-refractivity contribution in [2.24, 2.45) is 24.8 Å². The highest BCUT2D eigenvalue weighted by molar-refractivity contribution is 5.14. The Balaban J connectivity index is 2.17. The van der Waals surface area contributed by atoms with Crippen molar-refractivity contribution in [2.75, 3.05) is 6.54 Å². The Morgan fingerprint density at radius 1 is 1.35 bits per heavy atom. The fraction of sp³-hybridized carbons (Fsp3) is 0.824. The van der Waals surface area contributed by atoms with Crippen LogP contribution in [0, 0.1) is 24.7 Å². The highest BCUT2D eigenvalue weighted by Crippen LogP contribution is 2.39. The van der Waals surface area contributed by atoms with Crippen LogP contribution in [0.5, 0.6) is 0 Å². The second-order valence-corrected chi connectivity index (χ2v) is 6.79. The van der Waals surface area contributed by atoms with E-state index in [1.54, 1.807) is 0 Å². The van der Waals surface area contributed by atoms with Crippen LogP contribution < -0.4 is 5.32 Å². The van der Waals surface area contributed by atoms with Crippen LogP contribution in [0.2, 0.25) is 0 Å². The molecule has 114 valence electrons. The van der Waals surface area contributed by atoms with Gasteiger partial charge in [-0.15, -0.1) is 0 Å². The van der Waals surface area contributed by atoms with E-state index in [0.29, 0.717) is 6.04 Å². The molecule has 0 saturated heterocycles. The van der Waals surface area contributed by atoms with Crippen molar-refractivity contribution < 1.29 is 0 Å². The zero-order valence-corrected chi connectivity index (χ0v) is 13.8. The highest BCUT2D eigenvalue weighted by atomic mass is 15.3. The number of nitrogens with zero attached hydrogens (tertiary/aromatic N) is 2. The molecule has 1 aromatic heterocycles. The Bertz CT molecular complexity index is 424. The molecular formula is C17H31N3. The lowest BCUT2D eigenvalue weighted by molar-refractivity contribution is 0.167. The number of rotatable bonds is 5. The Labute approximate surface area is 124 Å². The van der Waals surface area contributed by atoms with Crippen LogP contribution in [0.3, 0.4) is 0 Å². The molecule has 0 aromatic carbocycles. The van der Waals surface area contributed by atoms with Crippen molar-refractivity contribution in [1.82, 2.24) is 15.1 Å². The smallest absolute Gasteiger partial charge is 0.0597 e. The van der Waals surface area contributed by atoms with Crippen LogP contribution in [0.1, 0.15) is 63.9 Å². The summed E-state index contributed by atoms with van der Waals surface area (Å²) in [5.74, 6) is 2.47. The minimum atomic E-state index is 0.469. The van der Waals surface area contributed by atoms with E-state index in [1.807, 2.05) is 0 Å². The topological polar surface area (TPSA) is 29.9 Å². The first-order valence-corrected chi connectivity index (χ1v) is 8.26. The van der Waals surface area contributed by atoms with Gasteiger partial charge in [0.25, 0.3) is 0 Å². The lowest BCUT2D eigenvalue weighted by Gasteiger charge is -2.37. The standard InChI is InChI=1S/C17H31N3/c1-6-9-18-17(16-11-14(4)19-20(16)5)15-8-7-12(2)13(3)10-15/h11-13,15,17-18H,6-10H2,1-5H3. The van der Waals surface area contributed by atoms with Gasteiger partial charge in [-0.3, -0.25) is 4.68 Å². The van der Waals surface area contributed by atoms with Crippen LogP contribution in [-0.2, 0) is 7.05 Å². The van der Waals surface area contributed by atoms with Gasteiger partial charge < -0.3 is 5.32 Å². The zero-order valence-electron chi connectivity index (χ0n) is 13.8. The highest BCUT2D eigenvalue weighted by Gasteiger charge is 2.32. The van der Waals surface area contributed by atoms with Gasteiger partial charge in [0.2, 0.25) is 0 Å². The van der Waals surface area contributed by atoms with Crippen LogP contribution in [0.4, 0.5) is 0 Å². The molecule has 1 heterocycles. The summed E-state index contributed by atoms with van der Waals surface area (Å²) in [5.41, 5.74) is 2.49. The first-order valence-electron chi connectivity index (χ1n) is 8.26. The lowest BCUT2D eigenvalue weighted by atomic mass is 9.72. The fourth-order valence-corrected chi connectivity index (χ4v) is 3.63. The molecule has 0 bridgehead atoms. The number of nitrogens with one attached hydrogen (secondary N) is 1. The van der Waals surface area contributed by atoms with Crippen molar-refractivity contribution in [2.45, 2.75) is 59.4 Å². The first-order chi connectivity index (χ1) is 9.52. The summed E-state index contributed by atoms with van der Waals surface area (Å²) >= 11 is 0. The quantitative estimate of drug-likeness (QED) is 0.886. The molecule has 1 N–H and O–H groups in total. The Kier molecular flexibility index (Phi) is 5.25. The first kappa shape index (κ1) is 15.6. The van der Waals surface area contributed by atoms with Gasteiger partial charge in [0.15, 0.2) is 0 Å². The summed E-state index contributed by atoms with van der Waals surface area (Å²) in [6, 6.07) is 2.73. The molecule has 3 nitrogen and oxygen atoms in total. The molecule has 20 heavy (non-hydrogen) atoms. The van der Waals surface area contributed by atoms with Crippen molar-refractivity contribution in [3.8, 4) is 0 Å². The van der Waals surface area contributed by atoms with Gasteiger partial charge in [0.1, 0.15) is 0 Å². The molecule has 4 unspecified atom stereocenters. The summed E-state index contributed by atoms with van der Waals surface area (Å²) < 4.78 is 2.07. The van der Waals surface area contributed by atoms with Gasteiger partial charge in [0.05, 0.1) is 17.4 Å². The van der Waals surface area contributed by atoms with Crippen LogP contribution in [0.15, 0.2) is 6.07 Å². The number of aryl methyl sites for hydroxylation is 2. The predicted octanol–water partition coefficient (Wildman–Crippen LogP) is 3.84. The van der Waals surface area contributed by atoms with Crippen molar-refractivity contribution in [1.29, 1.82) is 0 Å². The van der Waals surface area contributed by atoms with E-state index in [4.69, 9.17) is 0 Å². The van der Waals surface area contributed by atoms with Crippen molar-refractivity contribution in [3.05, 3.63) is 17.5 Å². The molecule has 3 heteroatoms. The van der Waals surface area contributed by atoms with Gasteiger partial charge in [0, 0.05) is 7.05 Å². The van der Waals surface area contributed by atoms with E-state index >= 15 is 0 Å².